The molecule has 10 rings (SSSR count). The zero-order chi connectivity index (χ0) is 66.6. The van der Waals surface area contributed by atoms with Crippen molar-refractivity contribution in [3.05, 3.63) is 11.6 Å². The molecule has 91 heavy (non-hydrogen) atoms. The highest BCUT2D eigenvalue weighted by molar-refractivity contribution is 5.84. The Labute approximate surface area is 528 Å². The van der Waals surface area contributed by atoms with Crippen LogP contribution >= 0.6 is 0 Å². The Balaban J connectivity index is 0.864. The van der Waals surface area contributed by atoms with Crippen molar-refractivity contribution in [2.24, 2.45) is 39.4 Å². The molecule has 9 fully saturated rings. The Kier molecular flexibility index (Phi) is 21.1. The molecule has 6 heterocycles. The van der Waals surface area contributed by atoms with Gasteiger partial charge < -0.3 is 133 Å². The largest absolute Gasteiger partial charge is 0.460 e. The fourth-order valence-corrected chi connectivity index (χ4v) is 18.1. The van der Waals surface area contributed by atoms with Crippen LogP contribution in [-0.4, -0.2) is 288 Å². The number of carbonyl (C=O) groups excluding carboxylic acids is 2. The van der Waals surface area contributed by atoms with E-state index >= 15 is 0 Å². The van der Waals surface area contributed by atoms with Gasteiger partial charge in [0.2, 0.25) is 0 Å². The van der Waals surface area contributed by atoms with Crippen LogP contribution in [0.1, 0.15) is 120 Å². The van der Waals surface area contributed by atoms with E-state index in [4.69, 9.17) is 61.6 Å². The van der Waals surface area contributed by atoms with Gasteiger partial charge in [0, 0.05) is 20.0 Å². The number of hydrogen-bond acceptors (Lipinski definition) is 29. The SMILES string of the molecule is CO[C@@H]1[C@@H](O)[C@H](O[C@@H]2[C@@H](O)[C@H](O[C@H]3[C@H](O)[C@@H](O)[C@H](O[C@H]4[C@H](O[C@H]5CC[C@]6(C)C7=C[C@H](O)[C@]89C(=O)O[C@@](C)(CCCC(C)(C)OC(C)=O)[C@H]8CC[C@@]9(C)[C@@H]7CC[C@H]6C5(C)C)OC[C@@H](O[C@@H]5O[C@H](CO)[C@@H](O)[C@H](O)[C@H]5O)[C@@H]4O)O[C@@H]3C)O[C@H](CO)[C@H]2O)O[C@H](CO)[C@H]1O. The number of aliphatic hydroxyl groups excluding tert-OH is 14. The molecule has 0 bridgehead atoms. The van der Waals surface area contributed by atoms with Crippen LogP contribution < -0.4 is 0 Å². The van der Waals surface area contributed by atoms with E-state index in [2.05, 4.69) is 27.7 Å². The van der Waals surface area contributed by atoms with Crippen LogP contribution in [0.15, 0.2) is 11.6 Å². The Morgan fingerprint density at radius 1 is 0.604 bits per heavy atom. The summed E-state index contributed by atoms with van der Waals surface area (Å²) in [5, 5.41) is 155. The van der Waals surface area contributed by atoms with Crippen LogP contribution in [0.3, 0.4) is 0 Å². The number of rotatable bonds is 19. The predicted octanol–water partition coefficient (Wildman–Crippen LogP) is -2.83. The monoisotopic (exact) mass is 1310 g/mol. The Bertz CT molecular complexity index is 2560. The molecule has 14 N–H and O–H groups in total. The van der Waals surface area contributed by atoms with Gasteiger partial charge in [-0.05, 0) is 114 Å². The molecule has 522 valence electrons. The molecular weight excluding hydrogens is 1210 g/mol. The molecular formula is C62H100O29. The molecule has 29 nitrogen and oxygen atoms in total. The molecule has 1 spiro atoms. The summed E-state index contributed by atoms with van der Waals surface area (Å²) in [5.74, 6) is -1.17. The molecule has 10 aliphatic rings. The average Bonchev–Trinajstić information content (AvgIpc) is 1.54. The van der Waals surface area contributed by atoms with E-state index in [1.807, 2.05) is 26.8 Å². The van der Waals surface area contributed by atoms with Crippen molar-refractivity contribution in [3.63, 3.8) is 0 Å². The normalized spacial score (nSPS) is 51.5. The maximum atomic E-state index is 14.7. The summed E-state index contributed by atoms with van der Waals surface area (Å²) < 4.78 is 78.0. The van der Waals surface area contributed by atoms with Crippen molar-refractivity contribution in [3.8, 4) is 0 Å². The minimum Gasteiger partial charge on any atom is -0.460 e. The van der Waals surface area contributed by atoms with E-state index in [0.29, 0.717) is 57.8 Å². The van der Waals surface area contributed by atoms with E-state index in [1.54, 1.807) is 0 Å². The second kappa shape index (κ2) is 26.8. The second-order valence-electron chi connectivity index (χ2n) is 29.1. The lowest BCUT2D eigenvalue weighted by Crippen LogP contribution is -2.67. The van der Waals surface area contributed by atoms with Crippen LogP contribution in [0.5, 0.6) is 0 Å². The number of allylic oxidation sites excluding steroid dienone is 1. The first-order chi connectivity index (χ1) is 42.7. The molecule has 0 unspecified atom stereocenters. The summed E-state index contributed by atoms with van der Waals surface area (Å²) in [7, 11) is 1.18. The smallest absolute Gasteiger partial charge is 0.316 e. The van der Waals surface area contributed by atoms with Gasteiger partial charge in [-0.1, -0.05) is 39.3 Å². The molecule has 0 amide bonds. The number of ether oxygens (including phenoxy) is 13. The highest BCUT2D eigenvalue weighted by Gasteiger charge is 2.79. The van der Waals surface area contributed by atoms with Crippen molar-refractivity contribution in [1.29, 1.82) is 0 Å². The topological polar surface area (TPSA) is 437 Å². The van der Waals surface area contributed by atoms with Gasteiger partial charge in [-0.3, -0.25) is 9.59 Å². The zero-order valence-electron chi connectivity index (χ0n) is 53.4. The van der Waals surface area contributed by atoms with Crippen molar-refractivity contribution in [2.45, 2.75) is 291 Å². The van der Waals surface area contributed by atoms with Crippen molar-refractivity contribution in [2.75, 3.05) is 33.5 Å². The minimum atomic E-state index is -2.03. The highest BCUT2D eigenvalue weighted by Crippen LogP contribution is 2.76. The molecule has 0 aromatic rings. The van der Waals surface area contributed by atoms with Crippen molar-refractivity contribution in [1.82, 2.24) is 0 Å². The van der Waals surface area contributed by atoms with E-state index in [-0.39, 0.29) is 29.7 Å². The Hall–Kier alpha value is -2.32. The lowest BCUT2D eigenvalue weighted by atomic mass is 9.40. The van der Waals surface area contributed by atoms with E-state index < -0.39 is 219 Å². The average molecular weight is 1310 g/mol. The summed E-state index contributed by atoms with van der Waals surface area (Å²) in [5.41, 5.74) is -3.47. The number of hydrogen-bond donors (Lipinski definition) is 14. The molecule has 0 radical (unpaired) electrons. The van der Waals surface area contributed by atoms with Gasteiger partial charge in [0.1, 0.15) is 126 Å². The molecule has 3 saturated carbocycles. The maximum Gasteiger partial charge on any atom is 0.316 e. The molecule has 0 aromatic heterocycles. The van der Waals surface area contributed by atoms with Crippen molar-refractivity contribution < 1.29 is 143 Å². The van der Waals surface area contributed by atoms with Gasteiger partial charge in [0.05, 0.1) is 44.7 Å². The summed E-state index contributed by atoms with van der Waals surface area (Å²) >= 11 is 0. The van der Waals surface area contributed by atoms with Crippen LogP contribution in [0.2, 0.25) is 0 Å². The number of cyclic esters (lactones) is 1. The lowest BCUT2D eigenvalue weighted by Gasteiger charge is -2.64. The maximum absolute atomic E-state index is 14.7. The fraction of sp³-hybridized carbons (Fsp3) is 0.935. The van der Waals surface area contributed by atoms with Crippen LogP contribution in [0, 0.1) is 39.4 Å². The minimum absolute atomic E-state index is 0.0661. The standard InChI is InChI=1S/C62H100O29/c1-25-47(87-54-46(77)49(39(70)31(23-65)84-54)88-53-45(76)48(79-10)38(69)30(22-64)83-53)42(73)44(75)51(81-25)89-50-40(71)32(85-52-43(74)41(72)37(68)29(21-63)82-52)24-80-55(50)86-36-15-18-59(7)28-20-35(67)62-34(14-19-60(62,8)27(28)12-13-33(59)58(36,5)6)61(9,91-56(62)78)17-11-16-57(3,4)90-26(2)66/h20,25,27,29-55,63-65,67-77H,11-19,21-24H2,1-10H3/t25-,27-,29-,30-,31-,32-,33+,34-,35+,36+,37-,38-,39-,40+,41+,42-,43-,44-,45-,46-,47-,48+,49+,50-,51+,52+,53+,54+,55+,59-,60+,61+,62+/m1/s1. The van der Waals surface area contributed by atoms with Crippen molar-refractivity contribution >= 4 is 11.9 Å². The van der Waals surface area contributed by atoms with E-state index in [9.17, 15) is 81.1 Å². The number of aliphatic hydroxyl groups is 14. The number of methoxy groups -OCH3 is 1. The number of fused-ring (bicyclic) bond motifs is 4. The quantitative estimate of drug-likeness (QED) is 0.0352. The Morgan fingerprint density at radius 3 is 1.78 bits per heavy atom. The highest BCUT2D eigenvalue weighted by atomic mass is 16.8. The summed E-state index contributed by atoms with van der Waals surface area (Å²) in [6.07, 6.45) is -34.5. The third-order valence-corrected chi connectivity index (χ3v) is 22.9. The first kappa shape index (κ1) is 71.5. The second-order valence-corrected chi connectivity index (χ2v) is 29.1. The number of esters is 2. The molecule has 33 atom stereocenters. The van der Waals surface area contributed by atoms with E-state index in [1.165, 1.54) is 21.0 Å². The summed E-state index contributed by atoms with van der Waals surface area (Å²) in [6, 6.07) is 0. The van der Waals surface area contributed by atoms with Gasteiger partial charge in [-0.2, -0.15) is 0 Å². The van der Waals surface area contributed by atoms with Crippen LogP contribution in [0.25, 0.3) is 0 Å². The molecule has 4 aliphatic carbocycles. The fourth-order valence-electron chi connectivity index (χ4n) is 18.1. The third-order valence-electron chi connectivity index (χ3n) is 22.9. The first-order valence-corrected chi connectivity index (χ1v) is 32.2. The number of carbonyl (C=O) groups is 2. The van der Waals surface area contributed by atoms with Crippen LogP contribution in [-0.2, 0) is 71.2 Å². The molecule has 6 aliphatic heterocycles. The zero-order valence-corrected chi connectivity index (χ0v) is 53.4. The van der Waals surface area contributed by atoms with E-state index in [0.717, 1.165) is 5.57 Å². The summed E-state index contributed by atoms with van der Waals surface area (Å²) in [4.78, 5) is 26.5. The van der Waals surface area contributed by atoms with Gasteiger partial charge in [0.15, 0.2) is 31.5 Å². The molecule has 29 heteroatoms. The summed E-state index contributed by atoms with van der Waals surface area (Å²) in [6.45, 7) is 14.2. The van der Waals surface area contributed by atoms with Gasteiger partial charge >= 0.3 is 11.9 Å². The van der Waals surface area contributed by atoms with Gasteiger partial charge in [-0.15, -0.1) is 0 Å². The van der Waals surface area contributed by atoms with Crippen LogP contribution in [0.4, 0.5) is 0 Å². The Morgan fingerprint density at radius 2 is 1.16 bits per heavy atom. The third kappa shape index (κ3) is 12.3. The lowest BCUT2D eigenvalue weighted by molar-refractivity contribution is -0.394. The molecule has 6 saturated heterocycles. The first-order valence-electron chi connectivity index (χ1n) is 32.2. The van der Waals surface area contributed by atoms with Gasteiger partial charge in [-0.25, -0.2) is 0 Å². The van der Waals surface area contributed by atoms with Gasteiger partial charge in [0.25, 0.3) is 0 Å². The molecule has 0 aromatic carbocycles. The predicted molar refractivity (Wildman–Crippen MR) is 305 cm³/mol.